The molecule has 0 bridgehead atoms. The normalized spacial score (nSPS) is 15.9. The van der Waals surface area contributed by atoms with Gasteiger partial charge in [0, 0.05) is 9.13 Å². The average Bonchev–Trinajstić information content (AvgIpc) is 2.89. The summed E-state index contributed by atoms with van der Waals surface area (Å²) in [6.45, 7) is 4.30. The summed E-state index contributed by atoms with van der Waals surface area (Å²) >= 11 is 2.22. The standard InChI is InChI=1S/C19H16INO2/c1-12(2)14-8-6-13(7-9-14)10-17-19(22)23-18(21-17)15-4-3-5-16(20)11-15/h3-12H,1-2H3. The van der Waals surface area contributed by atoms with E-state index in [4.69, 9.17) is 4.74 Å². The van der Waals surface area contributed by atoms with Crippen LogP contribution in [0, 0.1) is 3.57 Å². The SMILES string of the molecule is CC(C)c1ccc(C=C2N=C(c3cccc(I)c3)OC2=O)cc1. The predicted molar refractivity (Wildman–Crippen MR) is 100 cm³/mol. The van der Waals surface area contributed by atoms with Crippen LogP contribution < -0.4 is 0 Å². The van der Waals surface area contributed by atoms with Crippen molar-refractivity contribution in [2.24, 2.45) is 4.99 Å². The molecule has 3 nitrogen and oxygen atoms in total. The van der Waals surface area contributed by atoms with Gasteiger partial charge in [0.2, 0.25) is 5.90 Å². The number of halogens is 1. The molecule has 1 aliphatic rings. The quantitative estimate of drug-likeness (QED) is 0.411. The molecule has 2 aromatic rings. The van der Waals surface area contributed by atoms with Gasteiger partial charge in [-0.2, -0.15) is 0 Å². The van der Waals surface area contributed by atoms with E-state index in [0.717, 1.165) is 14.7 Å². The van der Waals surface area contributed by atoms with E-state index < -0.39 is 5.97 Å². The van der Waals surface area contributed by atoms with Crippen molar-refractivity contribution in [1.82, 2.24) is 0 Å². The summed E-state index contributed by atoms with van der Waals surface area (Å²) in [5.74, 6) is 0.434. The highest BCUT2D eigenvalue weighted by molar-refractivity contribution is 14.1. The van der Waals surface area contributed by atoms with Crippen molar-refractivity contribution in [2.75, 3.05) is 0 Å². The molecule has 0 saturated heterocycles. The molecule has 0 aromatic heterocycles. The summed E-state index contributed by atoms with van der Waals surface area (Å²) in [5, 5.41) is 0. The van der Waals surface area contributed by atoms with Crippen LogP contribution >= 0.6 is 22.6 Å². The third-order valence-corrected chi connectivity index (χ3v) is 4.27. The second kappa shape index (κ2) is 6.66. The Labute approximate surface area is 149 Å². The number of hydrogen-bond donors (Lipinski definition) is 0. The third-order valence-electron chi connectivity index (χ3n) is 3.60. The molecule has 1 aliphatic heterocycles. The molecule has 0 atom stereocenters. The van der Waals surface area contributed by atoms with Crippen molar-refractivity contribution in [3.05, 3.63) is 74.5 Å². The van der Waals surface area contributed by atoms with Gasteiger partial charge in [0.05, 0.1) is 0 Å². The first-order valence-corrected chi connectivity index (χ1v) is 8.49. The Morgan fingerprint density at radius 1 is 1.13 bits per heavy atom. The first-order valence-electron chi connectivity index (χ1n) is 7.41. The summed E-state index contributed by atoms with van der Waals surface area (Å²) in [7, 11) is 0. The van der Waals surface area contributed by atoms with Gasteiger partial charge < -0.3 is 4.74 Å². The number of benzene rings is 2. The molecule has 0 spiro atoms. The van der Waals surface area contributed by atoms with Gasteiger partial charge in [0.25, 0.3) is 0 Å². The number of nitrogens with zero attached hydrogens (tertiary/aromatic N) is 1. The van der Waals surface area contributed by atoms with Crippen molar-refractivity contribution < 1.29 is 9.53 Å². The Kier molecular flexibility index (Phi) is 4.61. The van der Waals surface area contributed by atoms with Gasteiger partial charge in [-0.15, -0.1) is 0 Å². The molecule has 3 rings (SSSR count). The van der Waals surface area contributed by atoms with Crippen molar-refractivity contribution in [2.45, 2.75) is 19.8 Å². The van der Waals surface area contributed by atoms with Crippen LogP contribution in [-0.4, -0.2) is 11.9 Å². The fourth-order valence-electron chi connectivity index (χ4n) is 2.29. The summed E-state index contributed by atoms with van der Waals surface area (Å²) in [6, 6.07) is 15.8. The van der Waals surface area contributed by atoms with Crippen molar-refractivity contribution in [3.63, 3.8) is 0 Å². The number of hydrogen-bond acceptors (Lipinski definition) is 3. The van der Waals surface area contributed by atoms with Crippen LogP contribution in [-0.2, 0) is 9.53 Å². The van der Waals surface area contributed by atoms with Crippen LogP contribution in [0.4, 0.5) is 0 Å². The van der Waals surface area contributed by atoms with Gasteiger partial charge in [0.15, 0.2) is 5.70 Å². The lowest BCUT2D eigenvalue weighted by Gasteiger charge is -2.04. The van der Waals surface area contributed by atoms with Gasteiger partial charge in [-0.1, -0.05) is 44.2 Å². The Morgan fingerprint density at radius 3 is 2.52 bits per heavy atom. The fraction of sp³-hybridized carbons (Fsp3) is 0.158. The number of aliphatic imine (C=N–C) groups is 1. The van der Waals surface area contributed by atoms with Crippen molar-refractivity contribution in [1.29, 1.82) is 0 Å². The topological polar surface area (TPSA) is 38.7 Å². The largest absolute Gasteiger partial charge is 0.402 e. The van der Waals surface area contributed by atoms with Crippen LogP contribution in [0.5, 0.6) is 0 Å². The molecule has 23 heavy (non-hydrogen) atoms. The second-order valence-electron chi connectivity index (χ2n) is 5.67. The maximum Gasteiger partial charge on any atom is 0.363 e. The Bertz CT molecular complexity index is 804. The zero-order valence-corrected chi connectivity index (χ0v) is 15.1. The Hall–Kier alpha value is -1.95. The van der Waals surface area contributed by atoms with Gasteiger partial charge in [-0.25, -0.2) is 9.79 Å². The average molecular weight is 417 g/mol. The van der Waals surface area contributed by atoms with Crippen LogP contribution in [0.3, 0.4) is 0 Å². The van der Waals surface area contributed by atoms with Gasteiger partial charge >= 0.3 is 5.97 Å². The van der Waals surface area contributed by atoms with Crippen molar-refractivity contribution in [3.8, 4) is 0 Å². The van der Waals surface area contributed by atoms with E-state index in [9.17, 15) is 4.79 Å². The van der Waals surface area contributed by atoms with Crippen molar-refractivity contribution >= 4 is 40.5 Å². The Morgan fingerprint density at radius 2 is 1.87 bits per heavy atom. The number of cyclic esters (lactones) is 1. The molecule has 0 N–H and O–H groups in total. The molecular formula is C19H16INO2. The maximum atomic E-state index is 12.0. The number of rotatable bonds is 3. The van der Waals surface area contributed by atoms with Crippen LogP contribution in [0.15, 0.2) is 59.2 Å². The lowest BCUT2D eigenvalue weighted by atomic mass is 10.0. The monoisotopic (exact) mass is 417 g/mol. The van der Waals surface area contributed by atoms with Crippen LogP contribution in [0.1, 0.15) is 36.5 Å². The Balaban J connectivity index is 1.88. The van der Waals surface area contributed by atoms with E-state index in [2.05, 4.69) is 53.6 Å². The van der Waals surface area contributed by atoms with E-state index in [0.29, 0.717) is 17.5 Å². The molecule has 4 heteroatoms. The molecular weight excluding hydrogens is 401 g/mol. The minimum atomic E-state index is -0.410. The lowest BCUT2D eigenvalue weighted by Crippen LogP contribution is -2.05. The molecule has 1 heterocycles. The van der Waals surface area contributed by atoms with Gasteiger partial charge in [-0.3, -0.25) is 0 Å². The molecule has 0 unspecified atom stereocenters. The zero-order chi connectivity index (χ0) is 16.4. The smallest absolute Gasteiger partial charge is 0.363 e. The van der Waals surface area contributed by atoms with E-state index in [-0.39, 0.29) is 0 Å². The van der Waals surface area contributed by atoms with Crippen LogP contribution in [0.2, 0.25) is 0 Å². The maximum absolute atomic E-state index is 12.0. The van der Waals surface area contributed by atoms with E-state index in [1.807, 2.05) is 36.4 Å². The molecule has 0 fully saturated rings. The number of carbonyl (C=O) groups is 1. The molecule has 0 saturated carbocycles. The van der Waals surface area contributed by atoms with E-state index >= 15 is 0 Å². The van der Waals surface area contributed by atoms with Crippen LogP contribution in [0.25, 0.3) is 6.08 Å². The molecule has 116 valence electrons. The third kappa shape index (κ3) is 3.69. The first kappa shape index (κ1) is 15.9. The summed E-state index contributed by atoms with van der Waals surface area (Å²) in [4.78, 5) is 16.4. The van der Waals surface area contributed by atoms with Gasteiger partial charge in [-0.05, 0) is 63.9 Å². The lowest BCUT2D eigenvalue weighted by molar-refractivity contribution is -0.129. The zero-order valence-electron chi connectivity index (χ0n) is 12.9. The summed E-state index contributed by atoms with van der Waals surface area (Å²) in [5.41, 5.74) is 3.35. The van der Waals surface area contributed by atoms with E-state index in [1.165, 1.54) is 5.56 Å². The first-order chi connectivity index (χ1) is 11.0. The highest BCUT2D eigenvalue weighted by Gasteiger charge is 2.24. The second-order valence-corrected chi connectivity index (χ2v) is 6.91. The minimum absolute atomic E-state index is 0.330. The van der Waals surface area contributed by atoms with Gasteiger partial charge in [0.1, 0.15) is 0 Å². The summed E-state index contributed by atoms with van der Waals surface area (Å²) < 4.78 is 6.36. The highest BCUT2D eigenvalue weighted by atomic mass is 127. The highest BCUT2D eigenvalue weighted by Crippen LogP contribution is 2.21. The summed E-state index contributed by atoms with van der Waals surface area (Å²) in [6.07, 6.45) is 1.76. The van der Waals surface area contributed by atoms with E-state index in [1.54, 1.807) is 6.08 Å². The predicted octanol–water partition coefficient (Wildman–Crippen LogP) is 4.76. The molecule has 0 radical (unpaired) electrons. The molecule has 0 amide bonds. The number of esters is 1. The fourth-order valence-corrected chi connectivity index (χ4v) is 2.83. The number of ether oxygens (including phenoxy) is 1. The minimum Gasteiger partial charge on any atom is -0.402 e. The molecule has 2 aromatic carbocycles. The number of carbonyl (C=O) groups excluding carboxylic acids is 1. The molecule has 0 aliphatic carbocycles.